The first-order valence-corrected chi connectivity index (χ1v) is 5.32. The predicted molar refractivity (Wildman–Crippen MR) is 60.9 cm³/mol. The Morgan fingerprint density at radius 2 is 2.13 bits per heavy atom. The van der Waals surface area contributed by atoms with Crippen molar-refractivity contribution in [1.82, 2.24) is 0 Å². The minimum Gasteiger partial charge on any atom is -0.508 e. The van der Waals surface area contributed by atoms with Crippen LogP contribution in [0, 0.1) is 0 Å². The Labute approximate surface area is 97.2 Å². The van der Waals surface area contributed by atoms with Crippen LogP contribution in [-0.2, 0) is 22.6 Å². The van der Waals surface area contributed by atoms with Crippen LogP contribution in [0.2, 0.25) is 0 Å². The Bertz CT molecular complexity index is 374. The number of phenols is 1. The van der Waals surface area contributed by atoms with E-state index in [0.717, 1.165) is 10.0 Å². The molecule has 4 heteroatoms. The number of rotatable bonds is 4. The van der Waals surface area contributed by atoms with E-state index in [2.05, 4.69) is 15.9 Å². The van der Waals surface area contributed by atoms with Crippen molar-refractivity contribution in [2.24, 2.45) is 0 Å². The molecule has 0 radical (unpaired) electrons. The van der Waals surface area contributed by atoms with Gasteiger partial charge in [-0.05, 0) is 24.6 Å². The van der Waals surface area contributed by atoms with Gasteiger partial charge in [-0.25, -0.2) is 0 Å². The largest absolute Gasteiger partial charge is 0.508 e. The van der Waals surface area contributed by atoms with Crippen molar-refractivity contribution in [1.29, 1.82) is 0 Å². The number of aromatic hydroxyl groups is 1. The summed E-state index contributed by atoms with van der Waals surface area (Å²) in [4.78, 5) is 10.9. The number of Topliss-reactive ketones (excluding diaryl/α,β-unsaturated/α-hetero) is 1. The molecule has 0 saturated carbocycles. The molecule has 0 aliphatic rings. The third kappa shape index (κ3) is 3.32. The molecule has 0 unspecified atom stereocenters. The molecule has 0 heterocycles. The lowest BCUT2D eigenvalue weighted by Gasteiger charge is -2.08. The topological polar surface area (TPSA) is 46.5 Å². The highest BCUT2D eigenvalue weighted by molar-refractivity contribution is 9.10. The van der Waals surface area contributed by atoms with Gasteiger partial charge in [0.1, 0.15) is 11.5 Å². The van der Waals surface area contributed by atoms with Crippen LogP contribution in [0.3, 0.4) is 0 Å². The van der Waals surface area contributed by atoms with Crippen LogP contribution in [0.4, 0.5) is 0 Å². The molecule has 0 saturated heterocycles. The van der Waals surface area contributed by atoms with E-state index in [1.807, 2.05) is 0 Å². The fraction of sp³-hybridized carbons (Fsp3) is 0.364. The van der Waals surface area contributed by atoms with E-state index in [-0.39, 0.29) is 18.0 Å². The first-order valence-electron chi connectivity index (χ1n) is 4.53. The average molecular weight is 273 g/mol. The number of ketones is 1. The molecular weight excluding hydrogens is 260 g/mol. The monoisotopic (exact) mass is 272 g/mol. The third-order valence-electron chi connectivity index (χ3n) is 1.99. The normalized spacial score (nSPS) is 10.3. The van der Waals surface area contributed by atoms with Crippen molar-refractivity contribution in [3.8, 4) is 5.75 Å². The van der Waals surface area contributed by atoms with Crippen LogP contribution >= 0.6 is 15.9 Å². The number of benzene rings is 1. The van der Waals surface area contributed by atoms with E-state index in [1.165, 1.54) is 6.92 Å². The van der Waals surface area contributed by atoms with Crippen molar-refractivity contribution in [3.63, 3.8) is 0 Å². The Morgan fingerprint density at radius 3 is 2.67 bits per heavy atom. The van der Waals surface area contributed by atoms with Gasteiger partial charge in [0.15, 0.2) is 0 Å². The summed E-state index contributed by atoms with van der Waals surface area (Å²) >= 11 is 3.37. The molecule has 0 bridgehead atoms. The summed E-state index contributed by atoms with van der Waals surface area (Å²) in [6.45, 7) is 1.92. The third-order valence-corrected chi connectivity index (χ3v) is 2.73. The lowest BCUT2D eigenvalue weighted by molar-refractivity contribution is -0.116. The van der Waals surface area contributed by atoms with Gasteiger partial charge in [-0.2, -0.15) is 0 Å². The lowest BCUT2D eigenvalue weighted by atomic mass is 10.1. The molecular formula is C11H13BrO3. The standard InChI is InChI=1S/C11H13BrO3/c1-7(13)3-8-4-10(12)9(6-15-2)5-11(8)14/h4-5,14H,3,6H2,1-2H3. The molecule has 82 valence electrons. The molecule has 1 rings (SSSR count). The smallest absolute Gasteiger partial charge is 0.134 e. The Kier molecular flexibility index (Phi) is 4.29. The number of carbonyl (C=O) groups excluding carboxylic acids is 1. The summed E-state index contributed by atoms with van der Waals surface area (Å²) in [5.74, 6) is 0.164. The Balaban J connectivity index is 3.02. The zero-order chi connectivity index (χ0) is 11.4. The van der Waals surface area contributed by atoms with Crippen LogP contribution in [0.5, 0.6) is 5.75 Å². The first kappa shape index (κ1) is 12.2. The zero-order valence-electron chi connectivity index (χ0n) is 8.71. The maximum Gasteiger partial charge on any atom is 0.134 e. The second-order valence-corrected chi connectivity index (χ2v) is 4.24. The van der Waals surface area contributed by atoms with Crippen molar-refractivity contribution in [2.45, 2.75) is 20.0 Å². The average Bonchev–Trinajstić information content (AvgIpc) is 2.13. The van der Waals surface area contributed by atoms with Crippen LogP contribution in [0.15, 0.2) is 16.6 Å². The Morgan fingerprint density at radius 1 is 1.47 bits per heavy atom. The van der Waals surface area contributed by atoms with E-state index in [1.54, 1.807) is 19.2 Å². The lowest BCUT2D eigenvalue weighted by Crippen LogP contribution is -1.98. The number of halogens is 1. The molecule has 0 aliphatic carbocycles. The van der Waals surface area contributed by atoms with E-state index < -0.39 is 0 Å². The maximum absolute atomic E-state index is 10.9. The van der Waals surface area contributed by atoms with Crippen LogP contribution < -0.4 is 0 Å². The molecule has 0 atom stereocenters. The highest BCUT2D eigenvalue weighted by atomic mass is 79.9. The highest BCUT2D eigenvalue weighted by Crippen LogP contribution is 2.27. The second kappa shape index (κ2) is 5.28. The molecule has 0 aliphatic heterocycles. The van der Waals surface area contributed by atoms with E-state index >= 15 is 0 Å². The summed E-state index contributed by atoms with van der Waals surface area (Å²) in [5, 5.41) is 9.66. The van der Waals surface area contributed by atoms with Gasteiger partial charge in [-0.3, -0.25) is 4.79 Å². The van der Waals surface area contributed by atoms with Gasteiger partial charge < -0.3 is 9.84 Å². The predicted octanol–water partition coefficient (Wildman–Crippen LogP) is 2.43. The van der Waals surface area contributed by atoms with Crippen molar-refractivity contribution in [2.75, 3.05) is 7.11 Å². The number of methoxy groups -OCH3 is 1. The van der Waals surface area contributed by atoms with Crippen LogP contribution in [0.25, 0.3) is 0 Å². The van der Waals surface area contributed by atoms with Gasteiger partial charge in [-0.1, -0.05) is 15.9 Å². The SMILES string of the molecule is COCc1cc(O)c(CC(C)=O)cc1Br. The minimum atomic E-state index is 0.0247. The number of carbonyl (C=O) groups is 1. The van der Waals surface area contributed by atoms with Crippen molar-refractivity contribution in [3.05, 3.63) is 27.7 Å². The number of hydrogen-bond donors (Lipinski definition) is 1. The molecule has 3 nitrogen and oxygen atoms in total. The number of hydrogen-bond acceptors (Lipinski definition) is 3. The molecule has 0 fully saturated rings. The quantitative estimate of drug-likeness (QED) is 0.916. The van der Waals surface area contributed by atoms with Crippen molar-refractivity contribution >= 4 is 21.7 Å². The second-order valence-electron chi connectivity index (χ2n) is 3.38. The fourth-order valence-electron chi connectivity index (χ4n) is 1.32. The van der Waals surface area contributed by atoms with Crippen molar-refractivity contribution < 1.29 is 14.6 Å². The first-order chi connectivity index (χ1) is 7.04. The Hall–Kier alpha value is -0.870. The van der Waals surface area contributed by atoms with Gasteiger partial charge >= 0.3 is 0 Å². The summed E-state index contributed by atoms with van der Waals surface area (Å²) in [5.41, 5.74) is 1.50. The van der Waals surface area contributed by atoms with Gasteiger partial charge in [0, 0.05) is 23.6 Å². The zero-order valence-corrected chi connectivity index (χ0v) is 10.3. The molecule has 1 N–H and O–H groups in total. The van der Waals surface area contributed by atoms with E-state index in [4.69, 9.17) is 4.74 Å². The van der Waals surface area contributed by atoms with Crippen LogP contribution in [-0.4, -0.2) is 18.0 Å². The molecule has 0 amide bonds. The van der Waals surface area contributed by atoms with Gasteiger partial charge in [0.25, 0.3) is 0 Å². The fourth-order valence-corrected chi connectivity index (χ4v) is 1.83. The van der Waals surface area contributed by atoms with E-state index in [9.17, 15) is 9.90 Å². The van der Waals surface area contributed by atoms with Gasteiger partial charge in [0.2, 0.25) is 0 Å². The molecule has 15 heavy (non-hydrogen) atoms. The molecule has 0 aromatic heterocycles. The summed E-state index contributed by atoms with van der Waals surface area (Å²) in [6, 6.07) is 3.37. The summed E-state index contributed by atoms with van der Waals surface area (Å²) < 4.78 is 5.82. The number of phenolic OH excluding ortho intramolecular Hbond substituents is 1. The van der Waals surface area contributed by atoms with E-state index in [0.29, 0.717) is 12.2 Å². The maximum atomic E-state index is 10.9. The molecule has 0 spiro atoms. The number of ether oxygens (including phenoxy) is 1. The summed E-state index contributed by atoms with van der Waals surface area (Å²) in [6.07, 6.45) is 0.248. The van der Waals surface area contributed by atoms with Gasteiger partial charge in [-0.15, -0.1) is 0 Å². The van der Waals surface area contributed by atoms with Gasteiger partial charge in [0.05, 0.1) is 6.61 Å². The summed E-state index contributed by atoms with van der Waals surface area (Å²) in [7, 11) is 1.59. The van der Waals surface area contributed by atoms with Crippen LogP contribution in [0.1, 0.15) is 18.1 Å². The molecule has 1 aromatic carbocycles. The minimum absolute atomic E-state index is 0.0247. The highest BCUT2D eigenvalue weighted by Gasteiger charge is 2.09. The molecule has 1 aromatic rings.